The van der Waals surface area contributed by atoms with Crippen molar-refractivity contribution >= 4 is 69.0 Å². The first-order chi connectivity index (χ1) is 10.8. The van der Waals surface area contributed by atoms with Gasteiger partial charge in [0.25, 0.3) is 0 Å². The van der Waals surface area contributed by atoms with Crippen molar-refractivity contribution in [3.8, 4) is 0 Å². The Morgan fingerprint density at radius 2 is 1.41 bits per heavy atom. The lowest BCUT2D eigenvalue weighted by Gasteiger charge is -2.03. The average Bonchev–Trinajstić information content (AvgIpc) is 2.94. The van der Waals surface area contributed by atoms with Crippen LogP contribution in [0.2, 0.25) is 0 Å². The predicted molar refractivity (Wildman–Crippen MR) is 102 cm³/mol. The molecule has 1 aromatic heterocycles. The average molecular weight is 363 g/mol. The molecule has 0 aliphatic heterocycles. The summed E-state index contributed by atoms with van der Waals surface area (Å²) < 4.78 is 3.93. The van der Waals surface area contributed by atoms with Gasteiger partial charge in [-0.3, -0.25) is 0 Å². The smallest absolute Gasteiger partial charge is 0.0434 e. The Balaban J connectivity index is 2.09. The van der Waals surface area contributed by atoms with Crippen LogP contribution in [-0.2, 0) is 0 Å². The number of rotatable bonds is 0. The highest BCUT2D eigenvalue weighted by Gasteiger charge is 2.13. The Labute approximate surface area is 140 Å². The van der Waals surface area contributed by atoms with Crippen molar-refractivity contribution in [1.29, 1.82) is 0 Å². The molecular weight excluding hydrogens is 352 g/mol. The second kappa shape index (κ2) is 4.55. The number of fused-ring (bicyclic) bond motifs is 6. The molecule has 0 nitrogen and oxygen atoms in total. The van der Waals surface area contributed by atoms with Crippen molar-refractivity contribution in [1.82, 2.24) is 0 Å². The molecule has 0 unspecified atom stereocenters. The quantitative estimate of drug-likeness (QED) is 0.275. The van der Waals surface area contributed by atoms with Crippen LogP contribution in [-0.4, -0.2) is 0 Å². The minimum atomic E-state index is 1.21. The SMILES string of the molecule is Brc1c2ccccc2cc2sc3c4ccccc4ccc3c12. The van der Waals surface area contributed by atoms with E-state index in [1.807, 2.05) is 11.3 Å². The maximum atomic E-state index is 3.85. The van der Waals surface area contributed by atoms with E-state index >= 15 is 0 Å². The van der Waals surface area contributed by atoms with Crippen molar-refractivity contribution < 1.29 is 0 Å². The number of benzene rings is 4. The van der Waals surface area contributed by atoms with Gasteiger partial charge in [-0.25, -0.2) is 0 Å². The first-order valence-corrected chi connectivity index (χ1v) is 8.85. The molecule has 0 atom stereocenters. The van der Waals surface area contributed by atoms with E-state index in [1.54, 1.807) is 0 Å². The summed E-state index contributed by atoms with van der Waals surface area (Å²) in [6, 6.07) is 24.0. The minimum Gasteiger partial charge on any atom is -0.134 e. The van der Waals surface area contributed by atoms with Gasteiger partial charge >= 0.3 is 0 Å². The van der Waals surface area contributed by atoms with Gasteiger partial charge in [-0.15, -0.1) is 11.3 Å². The first kappa shape index (κ1) is 12.6. The molecule has 0 spiro atoms. The largest absolute Gasteiger partial charge is 0.134 e. The summed E-state index contributed by atoms with van der Waals surface area (Å²) in [6.07, 6.45) is 0. The normalized spacial score (nSPS) is 11.9. The summed E-state index contributed by atoms with van der Waals surface area (Å²) >= 11 is 5.74. The van der Waals surface area contributed by atoms with Crippen molar-refractivity contribution in [2.45, 2.75) is 0 Å². The van der Waals surface area contributed by atoms with E-state index < -0.39 is 0 Å². The molecule has 0 N–H and O–H groups in total. The summed E-state index contributed by atoms with van der Waals surface area (Å²) in [5.41, 5.74) is 0. The fourth-order valence-corrected chi connectivity index (χ4v) is 5.49. The van der Waals surface area contributed by atoms with E-state index in [-0.39, 0.29) is 0 Å². The molecular formula is C20H11BrS. The van der Waals surface area contributed by atoms with Gasteiger partial charge in [-0.05, 0) is 43.5 Å². The Kier molecular flexibility index (Phi) is 2.61. The third kappa shape index (κ3) is 1.62. The molecule has 0 radical (unpaired) electrons. The third-order valence-electron chi connectivity index (χ3n) is 4.31. The van der Waals surface area contributed by atoms with Crippen LogP contribution in [0.1, 0.15) is 0 Å². The fraction of sp³-hybridized carbons (Fsp3) is 0. The third-order valence-corrected chi connectivity index (χ3v) is 6.32. The number of thiophene rings is 1. The topological polar surface area (TPSA) is 0 Å². The zero-order chi connectivity index (χ0) is 14.7. The van der Waals surface area contributed by atoms with Crippen LogP contribution < -0.4 is 0 Å². The van der Waals surface area contributed by atoms with Crippen molar-refractivity contribution in [2.75, 3.05) is 0 Å². The molecule has 0 saturated carbocycles. The van der Waals surface area contributed by atoms with E-state index in [4.69, 9.17) is 0 Å². The summed E-state index contributed by atoms with van der Waals surface area (Å²) in [7, 11) is 0. The molecule has 0 amide bonds. The van der Waals surface area contributed by atoms with Crippen LogP contribution in [0.5, 0.6) is 0 Å². The summed E-state index contributed by atoms with van der Waals surface area (Å²) in [4.78, 5) is 0. The Bertz CT molecular complexity index is 1180. The van der Waals surface area contributed by atoms with Crippen LogP contribution in [0.3, 0.4) is 0 Å². The van der Waals surface area contributed by atoms with Gasteiger partial charge in [0.1, 0.15) is 0 Å². The molecule has 1 heterocycles. The molecule has 0 fully saturated rings. The van der Waals surface area contributed by atoms with Crippen LogP contribution >= 0.6 is 27.3 Å². The summed E-state index contributed by atoms with van der Waals surface area (Å²) in [6.45, 7) is 0. The van der Waals surface area contributed by atoms with Gasteiger partial charge in [0, 0.05) is 24.6 Å². The van der Waals surface area contributed by atoms with Crippen LogP contribution in [0.4, 0.5) is 0 Å². The van der Waals surface area contributed by atoms with Crippen LogP contribution in [0.25, 0.3) is 41.7 Å². The van der Waals surface area contributed by atoms with E-state index in [9.17, 15) is 0 Å². The monoisotopic (exact) mass is 362 g/mol. The zero-order valence-corrected chi connectivity index (χ0v) is 14.0. The van der Waals surface area contributed by atoms with E-state index in [1.165, 1.54) is 46.2 Å². The minimum absolute atomic E-state index is 1.21. The van der Waals surface area contributed by atoms with Crippen molar-refractivity contribution in [3.05, 3.63) is 71.2 Å². The van der Waals surface area contributed by atoms with Gasteiger partial charge in [-0.2, -0.15) is 0 Å². The van der Waals surface area contributed by atoms with E-state index in [0.717, 1.165) is 0 Å². The summed E-state index contributed by atoms with van der Waals surface area (Å²) in [5, 5.41) is 7.90. The second-order valence-corrected chi connectivity index (χ2v) is 7.40. The molecule has 4 aromatic carbocycles. The number of halogens is 1. The Hall–Kier alpha value is -1.90. The summed E-state index contributed by atoms with van der Waals surface area (Å²) in [5.74, 6) is 0. The van der Waals surface area contributed by atoms with Gasteiger partial charge < -0.3 is 0 Å². The van der Waals surface area contributed by atoms with Crippen molar-refractivity contribution in [3.63, 3.8) is 0 Å². The molecule has 0 aliphatic carbocycles. The maximum absolute atomic E-state index is 3.85. The predicted octanol–water partition coefficient (Wildman–Crippen LogP) is 7.12. The lowest BCUT2D eigenvalue weighted by Crippen LogP contribution is -1.76. The Morgan fingerprint density at radius 3 is 2.27 bits per heavy atom. The lowest BCUT2D eigenvalue weighted by molar-refractivity contribution is 1.79. The molecule has 104 valence electrons. The number of hydrogen-bond acceptors (Lipinski definition) is 1. The van der Waals surface area contributed by atoms with Gasteiger partial charge in [0.05, 0.1) is 0 Å². The molecule has 22 heavy (non-hydrogen) atoms. The first-order valence-electron chi connectivity index (χ1n) is 7.24. The highest BCUT2D eigenvalue weighted by molar-refractivity contribution is 9.10. The molecule has 0 aliphatic rings. The van der Waals surface area contributed by atoms with Gasteiger partial charge in [0.15, 0.2) is 0 Å². The van der Waals surface area contributed by atoms with Crippen molar-refractivity contribution in [2.24, 2.45) is 0 Å². The van der Waals surface area contributed by atoms with E-state index in [0.29, 0.717) is 0 Å². The van der Waals surface area contributed by atoms with Gasteiger partial charge in [-0.1, -0.05) is 60.7 Å². The van der Waals surface area contributed by atoms with Gasteiger partial charge in [0.2, 0.25) is 0 Å². The highest BCUT2D eigenvalue weighted by atomic mass is 79.9. The molecule has 2 heteroatoms. The highest BCUT2D eigenvalue weighted by Crippen LogP contribution is 2.44. The van der Waals surface area contributed by atoms with E-state index in [2.05, 4.69) is 82.7 Å². The number of hydrogen-bond donors (Lipinski definition) is 0. The van der Waals surface area contributed by atoms with Crippen LogP contribution in [0.15, 0.2) is 71.2 Å². The zero-order valence-electron chi connectivity index (χ0n) is 11.6. The molecule has 0 saturated heterocycles. The maximum Gasteiger partial charge on any atom is 0.0434 e. The fourth-order valence-electron chi connectivity index (χ4n) is 3.27. The van der Waals surface area contributed by atoms with Crippen LogP contribution in [0, 0.1) is 0 Å². The molecule has 5 rings (SSSR count). The molecule has 0 bridgehead atoms. The standard InChI is InChI=1S/C20H11BrS/c21-19-14-7-3-2-6-13(14)11-17-18(19)16-10-9-12-5-1-4-8-15(12)20(16)22-17/h1-11H. The Morgan fingerprint density at radius 1 is 0.682 bits per heavy atom. The second-order valence-electron chi connectivity index (χ2n) is 5.55. The lowest BCUT2D eigenvalue weighted by atomic mass is 10.0. The molecule has 5 aromatic rings.